The number of hydrogen-bond acceptors (Lipinski definition) is 5. The third-order valence-electron chi connectivity index (χ3n) is 1.85. The topological polar surface area (TPSA) is 60.8 Å². The van der Waals surface area contributed by atoms with Crippen LogP contribution in [-0.2, 0) is 0 Å². The van der Waals surface area contributed by atoms with Crippen molar-refractivity contribution in [3.05, 3.63) is 28.5 Å². The van der Waals surface area contributed by atoms with Crippen molar-refractivity contribution in [3.63, 3.8) is 0 Å². The molecule has 2 aromatic rings. The van der Waals surface area contributed by atoms with Gasteiger partial charge in [-0.15, -0.1) is 0 Å². The van der Waals surface area contributed by atoms with Crippen molar-refractivity contribution in [1.29, 1.82) is 0 Å². The van der Waals surface area contributed by atoms with Gasteiger partial charge in [0.25, 0.3) is 0 Å². The van der Waals surface area contributed by atoms with E-state index < -0.39 is 5.82 Å². The van der Waals surface area contributed by atoms with Crippen LogP contribution in [0.4, 0.5) is 4.39 Å². The van der Waals surface area contributed by atoms with Crippen molar-refractivity contribution in [3.8, 4) is 17.4 Å². The van der Waals surface area contributed by atoms with Crippen LogP contribution in [0.3, 0.4) is 0 Å². The summed E-state index contributed by atoms with van der Waals surface area (Å²) in [6.45, 7) is 0. The van der Waals surface area contributed by atoms with Crippen LogP contribution in [0.2, 0.25) is 10.3 Å². The van der Waals surface area contributed by atoms with Gasteiger partial charge in [-0.3, -0.25) is 0 Å². The smallest absolute Gasteiger partial charge is 0.216 e. The van der Waals surface area contributed by atoms with E-state index in [1.165, 1.54) is 19.5 Å². The molecule has 0 unspecified atom stereocenters. The van der Waals surface area contributed by atoms with E-state index in [1.54, 1.807) is 0 Å². The summed E-state index contributed by atoms with van der Waals surface area (Å²) in [5.41, 5.74) is 0.334. The van der Waals surface area contributed by atoms with Crippen molar-refractivity contribution in [2.24, 2.45) is 0 Å². The van der Waals surface area contributed by atoms with Crippen molar-refractivity contribution in [2.45, 2.75) is 0 Å². The Hall–Kier alpha value is -1.53. The molecule has 2 rings (SSSR count). The number of hydrogen-bond donors (Lipinski definition) is 0. The fourth-order valence-corrected chi connectivity index (χ4v) is 1.47. The lowest BCUT2D eigenvalue weighted by molar-refractivity contribution is 0.397. The summed E-state index contributed by atoms with van der Waals surface area (Å²) in [5, 5.41) is -0.727. The molecule has 0 bridgehead atoms. The maximum atomic E-state index is 13.1. The average molecular weight is 275 g/mol. The number of ether oxygens (including phenoxy) is 1. The Balaban J connectivity index is 2.52. The fraction of sp³-hybridized carbons (Fsp3) is 0.111. The molecule has 2 heterocycles. The van der Waals surface area contributed by atoms with Gasteiger partial charge in [0.2, 0.25) is 5.88 Å². The molecule has 0 atom stereocenters. The van der Waals surface area contributed by atoms with E-state index in [0.29, 0.717) is 11.6 Å². The van der Waals surface area contributed by atoms with Crippen LogP contribution < -0.4 is 4.74 Å². The number of methoxy groups -OCH3 is 1. The molecule has 5 nitrogen and oxygen atoms in total. The van der Waals surface area contributed by atoms with Gasteiger partial charge in [-0.2, -0.15) is 0 Å². The second kappa shape index (κ2) is 4.77. The molecule has 0 radical (unpaired) electrons. The summed E-state index contributed by atoms with van der Waals surface area (Å²) in [4.78, 5) is 15.2. The lowest BCUT2D eigenvalue weighted by Crippen LogP contribution is -1.97. The lowest BCUT2D eigenvalue weighted by Gasteiger charge is -2.03. The molecule has 0 saturated heterocycles. The fourth-order valence-electron chi connectivity index (χ4n) is 1.08. The molecule has 0 aromatic carbocycles. The van der Waals surface area contributed by atoms with Crippen molar-refractivity contribution < 1.29 is 9.13 Å². The Morgan fingerprint density at radius 1 is 1.18 bits per heavy atom. The summed E-state index contributed by atoms with van der Waals surface area (Å²) >= 11 is 11.1. The number of nitrogens with zero attached hydrogens (tertiary/aromatic N) is 4. The van der Waals surface area contributed by atoms with Crippen molar-refractivity contribution in [2.75, 3.05) is 7.11 Å². The molecular formula is C9H5Cl2FN4O. The Morgan fingerprint density at radius 2 is 1.82 bits per heavy atom. The first kappa shape index (κ1) is 11.9. The van der Waals surface area contributed by atoms with Gasteiger partial charge >= 0.3 is 0 Å². The van der Waals surface area contributed by atoms with Gasteiger partial charge in [0.1, 0.15) is 12.0 Å². The van der Waals surface area contributed by atoms with Gasteiger partial charge in [0.15, 0.2) is 21.9 Å². The Kier molecular flexibility index (Phi) is 3.35. The van der Waals surface area contributed by atoms with E-state index in [9.17, 15) is 4.39 Å². The number of aromatic nitrogens is 4. The Morgan fingerprint density at radius 3 is 2.41 bits per heavy atom. The number of rotatable bonds is 2. The quantitative estimate of drug-likeness (QED) is 0.787. The van der Waals surface area contributed by atoms with Crippen LogP contribution in [0.5, 0.6) is 5.88 Å². The zero-order chi connectivity index (χ0) is 12.4. The summed E-state index contributed by atoms with van der Waals surface area (Å²) in [6.07, 6.45) is 1.27. The first-order valence-corrected chi connectivity index (χ1v) is 5.12. The first-order chi connectivity index (χ1) is 8.11. The minimum Gasteiger partial charge on any atom is -0.481 e. The molecule has 2 aromatic heterocycles. The third kappa shape index (κ3) is 2.42. The Bertz CT molecular complexity index is 543. The van der Waals surface area contributed by atoms with E-state index in [4.69, 9.17) is 27.9 Å². The van der Waals surface area contributed by atoms with E-state index in [0.717, 1.165) is 0 Å². The monoisotopic (exact) mass is 274 g/mol. The highest BCUT2D eigenvalue weighted by atomic mass is 35.5. The van der Waals surface area contributed by atoms with Gasteiger partial charge in [0, 0.05) is 6.07 Å². The van der Waals surface area contributed by atoms with Crippen molar-refractivity contribution in [1.82, 2.24) is 19.9 Å². The second-order valence-electron chi connectivity index (χ2n) is 2.89. The predicted octanol–water partition coefficient (Wildman–Crippen LogP) is 2.39. The summed E-state index contributed by atoms with van der Waals surface area (Å²) < 4.78 is 18.0. The predicted molar refractivity (Wildman–Crippen MR) is 59.6 cm³/mol. The van der Waals surface area contributed by atoms with Crippen LogP contribution in [0.25, 0.3) is 11.5 Å². The molecule has 0 aliphatic rings. The molecule has 0 amide bonds. The highest BCUT2D eigenvalue weighted by Gasteiger charge is 2.13. The maximum absolute atomic E-state index is 13.1. The van der Waals surface area contributed by atoms with E-state index >= 15 is 0 Å². The average Bonchev–Trinajstić information content (AvgIpc) is 2.35. The van der Waals surface area contributed by atoms with E-state index in [-0.39, 0.29) is 16.1 Å². The highest BCUT2D eigenvalue weighted by Crippen LogP contribution is 2.23. The SMILES string of the molecule is COc1cc(-c2nc(Cl)c(F)c(Cl)n2)ncn1. The van der Waals surface area contributed by atoms with Crippen LogP contribution in [0.1, 0.15) is 0 Å². The molecule has 17 heavy (non-hydrogen) atoms. The van der Waals surface area contributed by atoms with Gasteiger partial charge in [-0.25, -0.2) is 24.3 Å². The van der Waals surface area contributed by atoms with Crippen molar-refractivity contribution >= 4 is 23.2 Å². The minimum atomic E-state index is -0.863. The maximum Gasteiger partial charge on any atom is 0.216 e. The molecule has 0 spiro atoms. The van der Waals surface area contributed by atoms with Crippen LogP contribution in [-0.4, -0.2) is 27.0 Å². The molecule has 0 aliphatic carbocycles. The molecule has 0 saturated carbocycles. The largest absolute Gasteiger partial charge is 0.481 e. The second-order valence-corrected chi connectivity index (χ2v) is 3.60. The van der Waals surface area contributed by atoms with Gasteiger partial charge in [-0.1, -0.05) is 23.2 Å². The first-order valence-electron chi connectivity index (χ1n) is 4.36. The Labute approximate surface area is 106 Å². The van der Waals surface area contributed by atoms with Gasteiger partial charge in [0.05, 0.1) is 7.11 Å². The van der Waals surface area contributed by atoms with E-state index in [1.807, 2.05) is 0 Å². The zero-order valence-electron chi connectivity index (χ0n) is 8.49. The van der Waals surface area contributed by atoms with Gasteiger partial charge < -0.3 is 4.74 Å². The normalized spacial score (nSPS) is 10.4. The van der Waals surface area contributed by atoms with Gasteiger partial charge in [-0.05, 0) is 0 Å². The van der Waals surface area contributed by atoms with Crippen LogP contribution in [0, 0.1) is 5.82 Å². The molecule has 88 valence electrons. The minimum absolute atomic E-state index is 0.0992. The van der Waals surface area contributed by atoms with Crippen LogP contribution in [0.15, 0.2) is 12.4 Å². The molecule has 0 N–H and O–H groups in total. The summed E-state index contributed by atoms with van der Waals surface area (Å²) in [7, 11) is 1.46. The van der Waals surface area contributed by atoms with Crippen LogP contribution >= 0.6 is 23.2 Å². The molecule has 8 heteroatoms. The third-order valence-corrected chi connectivity index (χ3v) is 2.35. The molecular weight excluding hydrogens is 270 g/mol. The summed E-state index contributed by atoms with van der Waals surface area (Å²) in [6, 6.07) is 1.49. The molecule has 0 aliphatic heterocycles. The highest BCUT2D eigenvalue weighted by molar-refractivity contribution is 6.33. The molecule has 0 fully saturated rings. The van der Waals surface area contributed by atoms with E-state index in [2.05, 4.69) is 19.9 Å². The number of halogens is 3. The standard InChI is InChI=1S/C9H5Cl2FN4O/c1-17-5-2-4(13-3-14-5)9-15-7(10)6(12)8(11)16-9/h2-3H,1H3. The lowest BCUT2D eigenvalue weighted by atomic mass is 10.3. The zero-order valence-corrected chi connectivity index (χ0v) is 10.00. The summed E-state index contributed by atoms with van der Waals surface area (Å²) in [5.74, 6) is -0.435.